The van der Waals surface area contributed by atoms with Gasteiger partial charge in [0.15, 0.2) is 5.16 Å². The number of rotatable bonds is 4. The molecule has 88 valence electrons. The van der Waals surface area contributed by atoms with Crippen molar-refractivity contribution in [3.05, 3.63) is 5.82 Å². The van der Waals surface area contributed by atoms with E-state index in [-0.39, 0.29) is 11.2 Å². The highest BCUT2D eigenvalue weighted by molar-refractivity contribution is 8.00. The smallest absolute Gasteiger partial charge is 0.233 e. The van der Waals surface area contributed by atoms with E-state index >= 15 is 0 Å². The third-order valence-electron chi connectivity index (χ3n) is 2.64. The Labute approximate surface area is 99.0 Å². The van der Waals surface area contributed by atoms with E-state index in [1.165, 1.54) is 24.6 Å². The van der Waals surface area contributed by atoms with Gasteiger partial charge in [-0.05, 0) is 26.7 Å². The first kappa shape index (κ1) is 11.4. The monoisotopic (exact) mass is 240 g/mol. The quantitative estimate of drug-likeness (QED) is 0.802. The summed E-state index contributed by atoms with van der Waals surface area (Å²) in [5, 5.41) is 11.6. The van der Waals surface area contributed by atoms with Gasteiger partial charge in [-0.25, -0.2) is 0 Å². The normalized spacial score (nSPS) is 17.2. The lowest BCUT2D eigenvalue weighted by atomic mass is 10.4. The summed E-state index contributed by atoms with van der Waals surface area (Å²) in [5.41, 5.74) is 0. The van der Waals surface area contributed by atoms with Crippen LogP contribution >= 0.6 is 11.8 Å². The summed E-state index contributed by atoms with van der Waals surface area (Å²) in [7, 11) is 1.65. The van der Waals surface area contributed by atoms with Crippen LogP contribution in [0.15, 0.2) is 5.16 Å². The number of hydrogen-bond acceptors (Lipinski definition) is 4. The highest BCUT2D eigenvalue weighted by atomic mass is 32.2. The zero-order chi connectivity index (χ0) is 11.7. The lowest BCUT2D eigenvalue weighted by Crippen LogP contribution is -2.27. The number of carbonyl (C=O) groups is 1. The molecule has 1 aromatic rings. The minimum Gasteiger partial charge on any atom is -0.358 e. The van der Waals surface area contributed by atoms with E-state index in [4.69, 9.17) is 0 Å². The molecule has 16 heavy (non-hydrogen) atoms. The molecule has 1 aliphatic carbocycles. The molecular formula is C10H16N4OS. The molecule has 0 unspecified atom stereocenters. The predicted molar refractivity (Wildman–Crippen MR) is 62.4 cm³/mol. The van der Waals surface area contributed by atoms with Gasteiger partial charge in [0.25, 0.3) is 0 Å². The second kappa shape index (κ2) is 4.45. The lowest BCUT2D eigenvalue weighted by Gasteiger charge is -2.10. The third kappa shape index (κ3) is 2.21. The predicted octanol–water partition coefficient (Wildman–Crippen LogP) is 1.15. The van der Waals surface area contributed by atoms with Crippen LogP contribution in [0.3, 0.4) is 0 Å². The molecule has 0 spiro atoms. The summed E-state index contributed by atoms with van der Waals surface area (Å²) in [6, 6.07) is 0.550. The first-order valence-corrected chi connectivity index (χ1v) is 6.31. The largest absolute Gasteiger partial charge is 0.358 e. The van der Waals surface area contributed by atoms with Crippen LogP contribution in [0.5, 0.6) is 0 Å². The van der Waals surface area contributed by atoms with Crippen LogP contribution in [0.25, 0.3) is 0 Å². The highest BCUT2D eigenvalue weighted by Gasteiger charge is 2.29. The minimum atomic E-state index is -0.133. The standard InChI is InChI=1S/C10H16N4OS/c1-6(9(15)11-3)16-10-13-12-7(2)14(10)8-4-5-8/h6,8H,4-5H2,1-3H3,(H,11,15)/t6-/m1/s1. The Bertz CT molecular complexity index is 400. The Kier molecular flexibility index (Phi) is 3.18. The van der Waals surface area contributed by atoms with Crippen LogP contribution in [0, 0.1) is 6.92 Å². The molecule has 0 saturated heterocycles. The topological polar surface area (TPSA) is 59.8 Å². The van der Waals surface area contributed by atoms with Crippen LogP contribution in [-0.4, -0.2) is 33.0 Å². The van der Waals surface area contributed by atoms with Crippen molar-refractivity contribution < 1.29 is 4.79 Å². The molecule has 1 aliphatic rings. The van der Waals surface area contributed by atoms with E-state index < -0.39 is 0 Å². The average Bonchev–Trinajstić information content (AvgIpc) is 3.04. The van der Waals surface area contributed by atoms with Gasteiger partial charge in [-0.2, -0.15) is 0 Å². The number of nitrogens with zero attached hydrogens (tertiary/aromatic N) is 3. The van der Waals surface area contributed by atoms with E-state index in [1.807, 2.05) is 13.8 Å². The van der Waals surface area contributed by atoms with Crippen LogP contribution in [0.1, 0.15) is 31.6 Å². The fourth-order valence-electron chi connectivity index (χ4n) is 1.60. The maximum Gasteiger partial charge on any atom is 0.233 e. The van der Waals surface area contributed by atoms with E-state index in [2.05, 4.69) is 20.1 Å². The van der Waals surface area contributed by atoms with Gasteiger partial charge in [0.1, 0.15) is 5.82 Å². The maximum absolute atomic E-state index is 11.4. The molecular weight excluding hydrogens is 224 g/mol. The molecule has 0 radical (unpaired) electrons. The lowest BCUT2D eigenvalue weighted by molar-refractivity contribution is -0.119. The Balaban J connectivity index is 2.12. The van der Waals surface area contributed by atoms with Crippen molar-refractivity contribution >= 4 is 17.7 Å². The van der Waals surface area contributed by atoms with Gasteiger partial charge in [0, 0.05) is 13.1 Å². The SMILES string of the molecule is CNC(=O)[C@@H](C)Sc1nnc(C)n1C1CC1. The molecule has 1 aromatic heterocycles. The maximum atomic E-state index is 11.4. The van der Waals surface area contributed by atoms with Crippen molar-refractivity contribution in [2.24, 2.45) is 0 Å². The zero-order valence-corrected chi connectivity index (χ0v) is 10.5. The van der Waals surface area contributed by atoms with Crippen molar-refractivity contribution in [3.63, 3.8) is 0 Å². The van der Waals surface area contributed by atoms with Crippen LogP contribution in [0.4, 0.5) is 0 Å². The van der Waals surface area contributed by atoms with Gasteiger partial charge < -0.3 is 9.88 Å². The molecule has 1 heterocycles. The third-order valence-corrected chi connectivity index (χ3v) is 3.70. The van der Waals surface area contributed by atoms with E-state index in [0.717, 1.165) is 11.0 Å². The van der Waals surface area contributed by atoms with Gasteiger partial charge in [0.2, 0.25) is 5.91 Å². The summed E-state index contributed by atoms with van der Waals surface area (Å²) in [6.07, 6.45) is 2.39. The van der Waals surface area contributed by atoms with E-state index in [1.54, 1.807) is 7.05 Å². The fraction of sp³-hybridized carbons (Fsp3) is 0.700. The summed E-state index contributed by atoms with van der Waals surface area (Å²) in [5.74, 6) is 0.960. The molecule has 1 amide bonds. The molecule has 0 bridgehead atoms. The molecule has 0 aliphatic heterocycles. The van der Waals surface area contributed by atoms with Gasteiger partial charge >= 0.3 is 0 Å². The summed E-state index contributed by atoms with van der Waals surface area (Å²) in [6.45, 7) is 3.84. The van der Waals surface area contributed by atoms with Crippen LogP contribution in [-0.2, 0) is 4.79 Å². The molecule has 2 rings (SSSR count). The van der Waals surface area contributed by atoms with Gasteiger partial charge in [0.05, 0.1) is 5.25 Å². The molecule has 1 saturated carbocycles. The Morgan fingerprint density at radius 3 is 2.81 bits per heavy atom. The van der Waals surface area contributed by atoms with Gasteiger partial charge in [-0.1, -0.05) is 11.8 Å². The number of amides is 1. The van der Waals surface area contributed by atoms with Crippen LogP contribution in [0.2, 0.25) is 0 Å². The van der Waals surface area contributed by atoms with Crippen molar-refractivity contribution in [1.29, 1.82) is 0 Å². The number of aryl methyl sites for hydroxylation is 1. The van der Waals surface area contributed by atoms with Gasteiger partial charge in [-0.15, -0.1) is 10.2 Å². The van der Waals surface area contributed by atoms with Crippen molar-refractivity contribution in [2.75, 3.05) is 7.05 Å². The molecule has 1 fully saturated rings. The van der Waals surface area contributed by atoms with Crippen LogP contribution < -0.4 is 5.32 Å². The molecule has 6 heteroatoms. The van der Waals surface area contributed by atoms with Crippen molar-refractivity contribution in [3.8, 4) is 0 Å². The number of nitrogens with one attached hydrogen (secondary N) is 1. The Morgan fingerprint density at radius 1 is 1.56 bits per heavy atom. The van der Waals surface area contributed by atoms with Gasteiger partial charge in [-0.3, -0.25) is 4.79 Å². The number of hydrogen-bond donors (Lipinski definition) is 1. The molecule has 1 atom stereocenters. The van der Waals surface area contributed by atoms with Crippen molar-refractivity contribution in [2.45, 2.75) is 43.1 Å². The first-order valence-electron chi connectivity index (χ1n) is 5.43. The summed E-state index contributed by atoms with van der Waals surface area (Å²) in [4.78, 5) is 11.4. The summed E-state index contributed by atoms with van der Waals surface area (Å²) < 4.78 is 2.14. The molecule has 0 aromatic carbocycles. The Morgan fingerprint density at radius 2 is 2.25 bits per heavy atom. The average molecular weight is 240 g/mol. The second-order valence-electron chi connectivity index (χ2n) is 4.01. The Hall–Kier alpha value is -1.04. The second-order valence-corrected chi connectivity index (χ2v) is 5.31. The number of carbonyl (C=O) groups excluding carboxylic acids is 1. The van der Waals surface area contributed by atoms with Crippen molar-refractivity contribution in [1.82, 2.24) is 20.1 Å². The fourth-order valence-corrected chi connectivity index (χ4v) is 2.62. The first-order chi connectivity index (χ1) is 7.63. The molecule has 5 nitrogen and oxygen atoms in total. The number of thioether (sulfide) groups is 1. The highest BCUT2D eigenvalue weighted by Crippen LogP contribution is 2.39. The summed E-state index contributed by atoms with van der Waals surface area (Å²) >= 11 is 1.47. The minimum absolute atomic E-state index is 0.0213. The molecule has 1 N–H and O–H groups in total. The van der Waals surface area contributed by atoms with E-state index in [9.17, 15) is 4.79 Å². The zero-order valence-electron chi connectivity index (χ0n) is 9.73. The van der Waals surface area contributed by atoms with E-state index in [0.29, 0.717) is 6.04 Å². The number of aromatic nitrogens is 3.